The van der Waals surface area contributed by atoms with Crippen LogP contribution in [-0.4, -0.2) is 98.1 Å². The minimum absolute atomic E-state index is 0.218. The number of carbonyl (C=O) groups excluding carboxylic acids is 4. The molecular weight excluding hydrogens is 801 g/mol. The predicted molar refractivity (Wildman–Crippen MR) is 267 cm³/mol. The number of ether oxygens (including phenoxy) is 2. The molecule has 0 aliphatic carbocycles. The van der Waals surface area contributed by atoms with Crippen LogP contribution in [0, 0.1) is 11.8 Å². The molecule has 1 saturated heterocycles. The quantitative estimate of drug-likeness (QED) is 0.0458. The van der Waals surface area contributed by atoms with Gasteiger partial charge in [0.25, 0.3) is 0 Å². The summed E-state index contributed by atoms with van der Waals surface area (Å²) in [5, 5.41) is 5.37. The molecule has 1 fully saturated rings. The third-order valence-corrected chi connectivity index (χ3v) is 13.0. The van der Waals surface area contributed by atoms with Gasteiger partial charge in [-0.3, -0.25) is 19.2 Å². The summed E-state index contributed by atoms with van der Waals surface area (Å²) in [5.74, 6) is -0.0395. The maximum atomic E-state index is 13.0. The summed E-state index contributed by atoms with van der Waals surface area (Å²) in [7, 11) is 0. The van der Waals surface area contributed by atoms with Crippen molar-refractivity contribution in [2.24, 2.45) is 11.8 Å². The molecule has 10 nitrogen and oxygen atoms in total. The second-order valence-electron chi connectivity index (χ2n) is 20.2. The average Bonchev–Trinajstić information content (AvgIpc) is 3.26. The van der Waals surface area contributed by atoms with Crippen molar-refractivity contribution < 1.29 is 28.7 Å². The molecule has 0 aromatic carbocycles. The molecule has 376 valence electrons. The number of unbranched alkanes of at least 4 members (excludes halogenated alkanes) is 24. The fourth-order valence-corrected chi connectivity index (χ4v) is 8.71. The fourth-order valence-electron chi connectivity index (χ4n) is 8.71. The highest BCUT2D eigenvalue weighted by atomic mass is 16.5. The number of nitrogens with zero attached hydrogens (tertiary/aromatic N) is 2. The Labute approximate surface area is 395 Å². The number of hydrogen-bond acceptors (Lipinski definition) is 8. The van der Waals surface area contributed by atoms with Crippen molar-refractivity contribution >= 4 is 23.8 Å². The highest BCUT2D eigenvalue weighted by Crippen LogP contribution is 2.15. The Morgan fingerprint density at radius 3 is 0.969 bits per heavy atom. The third-order valence-electron chi connectivity index (χ3n) is 13.0. The van der Waals surface area contributed by atoms with Crippen molar-refractivity contribution in [3.63, 3.8) is 0 Å². The summed E-state index contributed by atoms with van der Waals surface area (Å²) in [5.41, 5.74) is 0. The first-order valence-electron chi connectivity index (χ1n) is 27.4. The molecule has 2 amide bonds. The Hall–Kier alpha value is -2.20. The zero-order chi connectivity index (χ0) is 46.9. The summed E-state index contributed by atoms with van der Waals surface area (Å²) in [6.07, 6.45) is 38.6. The lowest BCUT2D eigenvalue weighted by Gasteiger charge is -2.29. The van der Waals surface area contributed by atoms with Crippen molar-refractivity contribution in [2.45, 2.75) is 259 Å². The maximum Gasteiger partial charge on any atom is 0.307 e. The van der Waals surface area contributed by atoms with Gasteiger partial charge >= 0.3 is 11.9 Å². The fraction of sp³-hybridized carbons (Fsp3) is 0.926. The molecule has 10 heteroatoms. The van der Waals surface area contributed by atoms with E-state index in [0.29, 0.717) is 13.1 Å². The van der Waals surface area contributed by atoms with E-state index in [0.717, 1.165) is 63.7 Å². The van der Waals surface area contributed by atoms with Crippen LogP contribution in [0.3, 0.4) is 0 Å². The smallest absolute Gasteiger partial charge is 0.307 e. The van der Waals surface area contributed by atoms with Crippen LogP contribution in [0.15, 0.2) is 0 Å². The Kier molecular flexibility index (Phi) is 39.4. The Bertz CT molecular complexity index is 1050. The highest BCUT2D eigenvalue weighted by Gasteiger charge is 2.35. The molecule has 0 saturated carbocycles. The SMILES string of the molecule is CCCCCCCCCCN(CCCCCCCCC(C)C)CCC(=O)OCC1NC(=O)C(COC(=O)CCN(CCCCCCCCCC)CCCCCCCCC(C)C)NC1=O. The maximum absolute atomic E-state index is 13.0. The van der Waals surface area contributed by atoms with Crippen LogP contribution in [0.5, 0.6) is 0 Å². The summed E-state index contributed by atoms with van der Waals surface area (Å²) in [4.78, 5) is 56.5. The lowest BCUT2D eigenvalue weighted by atomic mass is 10.0. The summed E-state index contributed by atoms with van der Waals surface area (Å²) < 4.78 is 11.0. The van der Waals surface area contributed by atoms with Gasteiger partial charge in [-0.15, -0.1) is 0 Å². The number of piperazine rings is 1. The van der Waals surface area contributed by atoms with Crippen LogP contribution in [0.4, 0.5) is 0 Å². The molecule has 2 N–H and O–H groups in total. The molecular formula is C54H104N4O6. The third kappa shape index (κ3) is 36.0. The van der Waals surface area contributed by atoms with Crippen molar-refractivity contribution in [2.75, 3.05) is 52.5 Å². The lowest BCUT2D eigenvalue weighted by molar-refractivity contribution is -0.152. The number of rotatable bonds is 46. The van der Waals surface area contributed by atoms with Crippen molar-refractivity contribution in [1.82, 2.24) is 20.4 Å². The van der Waals surface area contributed by atoms with Crippen molar-refractivity contribution in [1.29, 1.82) is 0 Å². The van der Waals surface area contributed by atoms with E-state index >= 15 is 0 Å². The van der Waals surface area contributed by atoms with Crippen LogP contribution in [-0.2, 0) is 28.7 Å². The highest BCUT2D eigenvalue weighted by molar-refractivity contribution is 5.97. The molecule has 64 heavy (non-hydrogen) atoms. The summed E-state index contributed by atoms with van der Waals surface area (Å²) in [6.45, 7) is 18.5. The number of amides is 2. The molecule has 2 atom stereocenters. The van der Waals surface area contributed by atoms with Gasteiger partial charge in [0, 0.05) is 13.1 Å². The summed E-state index contributed by atoms with van der Waals surface area (Å²) in [6, 6.07) is -1.94. The Balaban J connectivity index is 2.48. The zero-order valence-corrected chi connectivity index (χ0v) is 42.9. The van der Waals surface area contributed by atoms with Gasteiger partial charge in [0.2, 0.25) is 11.8 Å². The largest absolute Gasteiger partial charge is 0.463 e. The average molecular weight is 905 g/mol. The second-order valence-corrected chi connectivity index (χ2v) is 20.2. The monoisotopic (exact) mass is 905 g/mol. The molecule has 0 spiro atoms. The predicted octanol–water partition coefficient (Wildman–Crippen LogP) is 12.5. The Morgan fingerprint density at radius 1 is 0.422 bits per heavy atom. The molecule has 0 aromatic heterocycles. The number of nitrogens with one attached hydrogen (secondary N) is 2. The van der Waals surface area contributed by atoms with Crippen LogP contribution in [0.25, 0.3) is 0 Å². The number of esters is 2. The standard InChI is InChI=1S/C54H104N4O6/c1-7-9-11-13-15-19-25-31-39-57(41-33-27-21-17-23-29-35-47(3)4)43-37-51(59)63-45-49-53(61)56-50(54(62)55-49)46-64-52(60)38-44-58(40-32-26-20-16-14-12-10-8-2)42-34-28-22-18-24-30-36-48(5)6/h47-50H,7-46H2,1-6H3,(H,55,62)(H,56,61). The minimum atomic E-state index is -0.970. The lowest BCUT2D eigenvalue weighted by Crippen LogP contribution is -2.64. The number of carbonyl (C=O) groups is 4. The van der Waals surface area contributed by atoms with Crippen LogP contribution in [0.2, 0.25) is 0 Å². The van der Waals surface area contributed by atoms with Gasteiger partial charge in [-0.25, -0.2) is 0 Å². The molecule has 0 bridgehead atoms. The molecule has 0 radical (unpaired) electrons. The van der Waals surface area contributed by atoms with Gasteiger partial charge in [-0.05, 0) is 63.7 Å². The first kappa shape index (κ1) is 59.8. The van der Waals surface area contributed by atoms with Crippen LogP contribution < -0.4 is 10.6 Å². The number of hydrogen-bond donors (Lipinski definition) is 2. The molecule has 1 aliphatic heterocycles. The van der Waals surface area contributed by atoms with E-state index in [1.54, 1.807) is 0 Å². The van der Waals surface area contributed by atoms with Crippen LogP contribution >= 0.6 is 0 Å². The second kappa shape index (κ2) is 42.2. The first-order valence-corrected chi connectivity index (χ1v) is 27.4. The van der Waals surface area contributed by atoms with Gasteiger partial charge in [-0.1, -0.05) is 208 Å². The van der Waals surface area contributed by atoms with E-state index in [9.17, 15) is 19.2 Å². The van der Waals surface area contributed by atoms with E-state index in [2.05, 4.69) is 62.0 Å². The topological polar surface area (TPSA) is 117 Å². The zero-order valence-electron chi connectivity index (χ0n) is 42.9. The van der Waals surface area contributed by atoms with Crippen molar-refractivity contribution in [3.05, 3.63) is 0 Å². The van der Waals surface area contributed by atoms with E-state index in [-0.39, 0.29) is 38.0 Å². The Morgan fingerprint density at radius 2 is 0.688 bits per heavy atom. The van der Waals surface area contributed by atoms with Gasteiger partial charge in [0.05, 0.1) is 12.8 Å². The molecule has 1 aliphatic rings. The van der Waals surface area contributed by atoms with Gasteiger partial charge < -0.3 is 29.9 Å². The van der Waals surface area contributed by atoms with Gasteiger partial charge in [-0.2, -0.15) is 0 Å². The summed E-state index contributed by atoms with van der Waals surface area (Å²) >= 11 is 0. The van der Waals surface area contributed by atoms with Gasteiger partial charge in [0.1, 0.15) is 25.3 Å². The molecule has 1 rings (SSSR count). The minimum Gasteiger partial charge on any atom is -0.463 e. The van der Waals surface area contributed by atoms with E-state index in [1.807, 2.05) is 0 Å². The first-order chi connectivity index (χ1) is 31.0. The van der Waals surface area contributed by atoms with E-state index in [4.69, 9.17) is 9.47 Å². The molecule has 2 unspecified atom stereocenters. The van der Waals surface area contributed by atoms with Gasteiger partial charge in [0.15, 0.2) is 0 Å². The normalized spacial score (nSPS) is 15.4. The van der Waals surface area contributed by atoms with E-state index < -0.39 is 23.9 Å². The van der Waals surface area contributed by atoms with Crippen molar-refractivity contribution in [3.8, 4) is 0 Å². The molecule has 1 heterocycles. The van der Waals surface area contributed by atoms with E-state index in [1.165, 1.54) is 167 Å². The molecule has 0 aromatic rings. The van der Waals surface area contributed by atoms with Crippen LogP contribution in [0.1, 0.15) is 247 Å².